The van der Waals surface area contributed by atoms with E-state index in [1.165, 1.54) is 6.26 Å². The number of hydrogen-bond donors (Lipinski definition) is 1. The van der Waals surface area contributed by atoms with Crippen LogP contribution >= 0.6 is 0 Å². The van der Waals surface area contributed by atoms with Crippen LogP contribution in [0.1, 0.15) is 0 Å². The Bertz CT molecular complexity index is 123. The molecule has 0 radical (unpaired) electrons. The Morgan fingerprint density at radius 2 is 2.38 bits per heavy atom. The van der Waals surface area contributed by atoms with Gasteiger partial charge in [-0.1, -0.05) is 11.1 Å². The second-order valence-corrected chi connectivity index (χ2v) is 1.52. The standard InChI is InChI=1S/C4H5NOS.Na/c7-4-2-1-3-6-5-4;/h1-3,5,7H;/q;+1/p-1. The summed E-state index contributed by atoms with van der Waals surface area (Å²) in [5, 5.41) is 0.613. The molecule has 0 amide bonds. The van der Waals surface area contributed by atoms with Crippen molar-refractivity contribution >= 4 is 12.6 Å². The number of hydrogen-bond acceptors (Lipinski definition) is 3. The second kappa shape index (κ2) is 4.21. The molecule has 0 aromatic rings. The van der Waals surface area contributed by atoms with Gasteiger partial charge in [0, 0.05) is 0 Å². The van der Waals surface area contributed by atoms with Gasteiger partial charge in [-0.05, 0) is 6.08 Å². The van der Waals surface area contributed by atoms with Crippen LogP contribution in [0.25, 0.3) is 0 Å². The minimum Gasteiger partial charge on any atom is -0.759 e. The number of nitrogens with one attached hydrogen (secondary N) is 1. The molecule has 2 nitrogen and oxygen atoms in total. The fourth-order valence-corrected chi connectivity index (χ4v) is 0.419. The van der Waals surface area contributed by atoms with Crippen LogP contribution in [0.3, 0.4) is 0 Å². The third-order valence-corrected chi connectivity index (χ3v) is 0.773. The van der Waals surface area contributed by atoms with E-state index in [1.807, 2.05) is 0 Å². The predicted octanol–water partition coefficient (Wildman–Crippen LogP) is -2.57. The third kappa shape index (κ3) is 2.57. The van der Waals surface area contributed by atoms with Gasteiger partial charge in [-0.25, -0.2) is 5.48 Å². The number of rotatable bonds is 0. The smallest absolute Gasteiger partial charge is 0.759 e. The Labute approximate surface area is 75.6 Å². The Hall–Kier alpha value is 0.300. The summed E-state index contributed by atoms with van der Waals surface area (Å²) in [4.78, 5) is 4.58. The van der Waals surface area contributed by atoms with E-state index in [9.17, 15) is 0 Å². The fourth-order valence-electron chi connectivity index (χ4n) is 0.292. The van der Waals surface area contributed by atoms with E-state index in [2.05, 4.69) is 22.9 Å². The minimum atomic E-state index is 0. The molecule has 0 aliphatic carbocycles. The molecule has 0 atom stereocenters. The first-order valence-corrected chi connectivity index (χ1v) is 2.26. The average Bonchev–Trinajstić information content (AvgIpc) is 1.69. The monoisotopic (exact) mass is 137 g/mol. The minimum absolute atomic E-state index is 0. The molecule has 4 heteroatoms. The van der Waals surface area contributed by atoms with Crippen molar-refractivity contribution in [2.75, 3.05) is 0 Å². The normalized spacial score (nSPS) is 14.8. The zero-order valence-electron chi connectivity index (χ0n) is 4.55. The van der Waals surface area contributed by atoms with Gasteiger partial charge in [0.2, 0.25) is 0 Å². The van der Waals surface area contributed by atoms with Gasteiger partial charge in [-0.15, -0.1) is 0 Å². The van der Waals surface area contributed by atoms with Gasteiger partial charge in [0.15, 0.2) is 0 Å². The first-order valence-electron chi connectivity index (χ1n) is 1.85. The summed E-state index contributed by atoms with van der Waals surface area (Å²) in [6.45, 7) is 0. The molecule has 0 saturated carbocycles. The molecular weight excluding hydrogens is 133 g/mol. The third-order valence-electron chi connectivity index (χ3n) is 0.554. The van der Waals surface area contributed by atoms with Gasteiger partial charge >= 0.3 is 29.6 Å². The van der Waals surface area contributed by atoms with Crippen LogP contribution in [-0.2, 0) is 17.5 Å². The first-order chi connectivity index (χ1) is 3.39. The van der Waals surface area contributed by atoms with Crippen molar-refractivity contribution in [3.8, 4) is 0 Å². The Morgan fingerprint density at radius 1 is 1.62 bits per heavy atom. The molecule has 0 unspecified atom stereocenters. The van der Waals surface area contributed by atoms with Crippen molar-refractivity contribution in [3.05, 3.63) is 23.4 Å². The van der Waals surface area contributed by atoms with Crippen LogP contribution in [0, 0.1) is 0 Å². The maximum atomic E-state index is 4.66. The van der Waals surface area contributed by atoms with Crippen molar-refractivity contribution in [1.82, 2.24) is 5.48 Å². The SMILES string of the molecule is [Na+].[S-]C1=CC=CON1. The van der Waals surface area contributed by atoms with Gasteiger partial charge in [0.25, 0.3) is 0 Å². The van der Waals surface area contributed by atoms with Crippen LogP contribution < -0.4 is 35.0 Å². The van der Waals surface area contributed by atoms with Crippen LogP contribution in [0.15, 0.2) is 23.4 Å². The summed E-state index contributed by atoms with van der Waals surface area (Å²) < 4.78 is 0. The topological polar surface area (TPSA) is 21.3 Å². The van der Waals surface area contributed by atoms with Crippen molar-refractivity contribution in [2.45, 2.75) is 0 Å². The number of allylic oxidation sites excluding steroid dienone is 2. The van der Waals surface area contributed by atoms with E-state index in [0.29, 0.717) is 5.03 Å². The summed E-state index contributed by atoms with van der Waals surface area (Å²) in [5.74, 6) is 0. The van der Waals surface area contributed by atoms with E-state index in [-0.39, 0.29) is 29.6 Å². The molecule has 1 aliphatic heterocycles. The largest absolute Gasteiger partial charge is 1.00 e. The summed E-state index contributed by atoms with van der Waals surface area (Å²) in [6, 6.07) is 0. The van der Waals surface area contributed by atoms with Gasteiger partial charge < -0.3 is 17.5 Å². The molecule has 0 aromatic heterocycles. The van der Waals surface area contributed by atoms with Gasteiger partial charge in [-0.2, -0.15) is 0 Å². The molecule has 0 spiro atoms. The van der Waals surface area contributed by atoms with Crippen LogP contribution in [0.2, 0.25) is 0 Å². The maximum absolute atomic E-state index is 4.66. The molecule has 8 heavy (non-hydrogen) atoms. The maximum Gasteiger partial charge on any atom is 1.00 e. The van der Waals surface area contributed by atoms with E-state index < -0.39 is 0 Å². The van der Waals surface area contributed by atoms with Crippen molar-refractivity contribution in [2.24, 2.45) is 0 Å². The summed E-state index contributed by atoms with van der Waals surface area (Å²) >= 11 is 4.66. The molecule has 0 saturated heterocycles. The van der Waals surface area contributed by atoms with E-state index >= 15 is 0 Å². The number of hydroxylamine groups is 1. The molecule has 1 N–H and O–H groups in total. The molecule has 1 heterocycles. The Morgan fingerprint density at radius 3 is 2.62 bits per heavy atom. The van der Waals surface area contributed by atoms with Gasteiger partial charge in [-0.3, -0.25) is 0 Å². The summed E-state index contributed by atoms with van der Waals surface area (Å²) in [5.41, 5.74) is 2.47. The zero-order chi connectivity index (χ0) is 5.11. The fraction of sp³-hybridized carbons (Fsp3) is 0. The van der Waals surface area contributed by atoms with E-state index in [4.69, 9.17) is 0 Å². The van der Waals surface area contributed by atoms with Crippen molar-refractivity contribution < 1.29 is 34.4 Å². The average molecular weight is 137 g/mol. The Kier molecular flexibility index (Phi) is 4.36. The van der Waals surface area contributed by atoms with Gasteiger partial charge in [0.1, 0.15) is 6.26 Å². The van der Waals surface area contributed by atoms with Crippen molar-refractivity contribution in [3.63, 3.8) is 0 Å². The molecule has 0 bridgehead atoms. The Balaban J connectivity index is 0.000000490. The summed E-state index contributed by atoms with van der Waals surface area (Å²) in [7, 11) is 0. The molecule has 1 aliphatic rings. The van der Waals surface area contributed by atoms with Crippen LogP contribution in [-0.4, -0.2) is 0 Å². The zero-order valence-corrected chi connectivity index (χ0v) is 7.37. The van der Waals surface area contributed by atoms with Gasteiger partial charge in [0.05, 0.1) is 0 Å². The van der Waals surface area contributed by atoms with E-state index in [0.717, 1.165) is 0 Å². The van der Waals surface area contributed by atoms with Crippen LogP contribution in [0.5, 0.6) is 0 Å². The van der Waals surface area contributed by atoms with E-state index in [1.54, 1.807) is 12.2 Å². The van der Waals surface area contributed by atoms with Crippen molar-refractivity contribution in [1.29, 1.82) is 0 Å². The summed E-state index contributed by atoms with van der Waals surface area (Å²) in [6.07, 6.45) is 5.01. The first kappa shape index (κ1) is 8.30. The molecule has 1 rings (SSSR count). The molecule has 38 valence electrons. The molecular formula is C4H4NNaOS. The molecule has 0 fully saturated rings. The second-order valence-electron chi connectivity index (χ2n) is 1.08. The quantitative estimate of drug-likeness (QED) is 0.293. The predicted molar refractivity (Wildman–Crippen MR) is 28.8 cm³/mol. The van der Waals surface area contributed by atoms with Crippen LogP contribution in [0.4, 0.5) is 0 Å². The molecule has 0 aromatic carbocycles.